The van der Waals surface area contributed by atoms with E-state index < -0.39 is 36.1 Å². The van der Waals surface area contributed by atoms with Gasteiger partial charge in [-0.25, -0.2) is 19.2 Å². The molecule has 0 saturated carbocycles. The van der Waals surface area contributed by atoms with Gasteiger partial charge >= 0.3 is 23.9 Å². The van der Waals surface area contributed by atoms with Gasteiger partial charge in [0.1, 0.15) is 36.1 Å². The van der Waals surface area contributed by atoms with E-state index in [1.165, 1.54) is 48.5 Å². The van der Waals surface area contributed by atoms with Gasteiger partial charge in [0.05, 0.1) is 24.3 Å². The van der Waals surface area contributed by atoms with Crippen LogP contribution in [0.5, 0.6) is 17.2 Å². The molecule has 3 aromatic rings. The highest BCUT2D eigenvalue weighted by atomic mass is 16.6. The molecule has 2 unspecified atom stereocenters. The molecule has 0 aromatic heterocycles. The van der Waals surface area contributed by atoms with Gasteiger partial charge < -0.3 is 33.2 Å². The van der Waals surface area contributed by atoms with E-state index in [1.807, 2.05) is 0 Å². The number of benzene rings is 3. The third-order valence-electron chi connectivity index (χ3n) is 5.58. The molecule has 210 valence electrons. The third-order valence-corrected chi connectivity index (χ3v) is 5.58. The van der Waals surface area contributed by atoms with Crippen LogP contribution in [-0.4, -0.2) is 49.3 Å². The molecule has 2 heterocycles. The number of hydrogen-bond donors (Lipinski definition) is 0. The Morgan fingerprint density at radius 1 is 0.643 bits per heavy atom. The number of carbonyl (C=O) groups excluding carboxylic acids is 4. The van der Waals surface area contributed by atoms with E-state index in [4.69, 9.17) is 28.4 Å². The number of epoxide rings is 2. The molecule has 2 aliphatic heterocycles. The second-order valence-electron chi connectivity index (χ2n) is 8.70. The first kappa shape index (κ1) is 27.9. The summed E-state index contributed by atoms with van der Waals surface area (Å²) in [5, 5.41) is 0. The minimum absolute atomic E-state index is 0.0781. The van der Waals surface area contributed by atoms with Crippen molar-refractivity contribution in [2.45, 2.75) is 18.8 Å². The minimum atomic E-state index is -0.611. The molecular formula is C31H20O11. The van der Waals surface area contributed by atoms with Crippen LogP contribution in [0.4, 0.5) is 0 Å². The number of hydrogen-bond acceptors (Lipinski definition) is 11. The molecule has 0 spiro atoms. The average Bonchev–Trinajstić information content (AvgIpc) is 3.92. The van der Waals surface area contributed by atoms with Gasteiger partial charge in [0.15, 0.2) is 12.2 Å². The van der Waals surface area contributed by atoms with Crippen molar-refractivity contribution in [1.29, 1.82) is 0 Å². The first-order chi connectivity index (χ1) is 20.4. The standard InChI is InChI=1S/C31H20O11/c32-28(21-5-3-20(4-6-21)17-40-31(35)27-19-39-27)41-24-11-13-25(14-12-24)42-29(33)22-7-9-23(10-8-22)36-15-1-2-16-37-30(34)26-18-38-26/h3-14,26-27H,17-19H2. The lowest BCUT2D eigenvalue weighted by atomic mass is 10.1. The van der Waals surface area contributed by atoms with Gasteiger partial charge in [-0.3, -0.25) is 0 Å². The average molecular weight is 568 g/mol. The largest absolute Gasteiger partial charge is 0.459 e. The van der Waals surface area contributed by atoms with E-state index in [-0.39, 0.29) is 23.7 Å². The monoisotopic (exact) mass is 568 g/mol. The Hall–Kier alpha value is -5.62. The lowest BCUT2D eigenvalue weighted by Gasteiger charge is -2.08. The van der Waals surface area contributed by atoms with E-state index >= 15 is 0 Å². The fourth-order valence-electron chi connectivity index (χ4n) is 3.20. The molecule has 0 radical (unpaired) electrons. The van der Waals surface area contributed by atoms with Gasteiger partial charge in [-0.2, -0.15) is 0 Å². The van der Waals surface area contributed by atoms with Gasteiger partial charge in [-0.1, -0.05) is 12.1 Å². The van der Waals surface area contributed by atoms with E-state index in [9.17, 15) is 19.2 Å². The maximum Gasteiger partial charge on any atom is 0.351 e. The van der Waals surface area contributed by atoms with Crippen LogP contribution >= 0.6 is 0 Å². The highest BCUT2D eigenvalue weighted by molar-refractivity contribution is 5.92. The van der Waals surface area contributed by atoms with E-state index in [0.717, 1.165) is 0 Å². The van der Waals surface area contributed by atoms with Crippen molar-refractivity contribution in [3.8, 4) is 41.3 Å². The quantitative estimate of drug-likeness (QED) is 0.163. The summed E-state index contributed by atoms with van der Waals surface area (Å²) in [4.78, 5) is 47.7. The van der Waals surface area contributed by atoms with Crippen LogP contribution in [0.3, 0.4) is 0 Å². The van der Waals surface area contributed by atoms with Crippen LogP contribution < -0.4 is 14.2 Å². The highest BCUT2D eigenvalue weighted by Crippen LogP contribution is 2.21. The van der Waals surface area contributed by atoms with Crippen molar-refractivity contribution in [3.05, 3.63) is 89.5 Å². The number of rotatable bonds is 9. The van der Waals surface area contributed by atoms with Crippen molar-refractivity contribution in [2.24, 2.45) is 0 Å². The normalized spacial score (nSPS) is 15.8. The molecule has 3 aromatic carbocycles. The van der Waals surface area contributed by atoms with Crippen LogP contribution in [0.2, 0.25) is 0 Å². The van der Waals surface area contributed by atoms with Crippen molar-refractivity contribution in [2.75, 3.05) is 13.2 Å². The summed E-state index contributed by atoms with van der Waals surface area (Å²) >= 11 is 0. The molecule has 42 heavy (non-hydrogen) atoms. The molecule has 2 aliphatic rings. The predicted molar refractivity (Wildman–Crippen MR) is 141 cm³/mol. The zero-order chi connectivity index (χ0) is 29.3. The second-order valence-corrected chi connectivity index (χ2v) is 8.70. The summed E-state index contributed by atoms with van der Waals surface area (Å²) in [5.41, 5.74) is 1.29. The van der Waals surface area contributed by atoms with Crippen LogP contribution in [0, 0.1) is 24.1 Å². The Morgan fingerprint density at radius 3 is 1.67 bits per heavy atom. The predicted octanol–water partition coefficient (Wildman–Crippen LogP) is 2.81. The zero-order valence-electron chi connectivity index (χ0n) is 21.7. The van der Waals surface area contributed by atoms with Crippen LogP contribution in [0.15, 0.2) is 72.8 Å². The Labute approximate surface area is 239 Å². The highest BCUT2D eigenvalue weighted by Gasteiger charge is 2.33. The van der Waals surface area contributed by atoms with Crippen molar-refractivity contribution in [3.63, 3.8) is 0 Å². The molecule has 0 N–H and O–H groups in total. The minimum Gasteiger partial charge on any atom is -0.459 e. The van der Waals surface area contributed by atoms with E-state index in [1.54, 1.807) is 24.3 Å². The summed E-state index contributed by atoms with van der Waals surface area (Å²) in [6.07, 6.45) is 3.47. The topological polar surface area (TPSA) is 139 Å². The number of esters is 4. The third kappa shape index (κ3) is 8.19. The fourth-order valence-corrected chi connectivity index (χ4v) is 3.20. The first-order valence-electron chi connectivity index (χ1n) is 12.5. The maximum atomic E-state index is 12.5. The molecule has 2 atom stereocenters. The molecule has 2 saturated heterocycles. The van der Waals surface area contributed by atoms with Crippen molar-refractivity contribution in [1.82, 2.24) is 0 Å². The van der Waals surface area contributed by atoms with Crippen LogP contribution in [0.25, 0.3) is 0 Å². The first-order valence-corrected chi connectivity index (χ1v) is 12.5. The summed E-state index contributed by atoms with van der Waals surface area (Å²) in [6.45, 7) is 0.793. The van der Waals surface area contributed by atoms with Crippen LogP contribution in [-0.2, 0) is 35.1 Å². The Kier molecular flexibility index (Phi) is 8.75. The Morgan fingerprint density at radius 2 is 1.12 bits per heavy atom. The lowest BCUT2D eigenvalue weighted by Crippen LogP contribution is -2.11. The molecule has 11 nitrogen and oxygen atoms in total. The van der Waals surface area contributed by atoms with Gasteiger partial charge in [0, 0.05) is 11.8 Å². The smallest absolute Gasteiger partial charge is 0.351 e. The zero-order valence-corrected chi connectivity index (χ0v) is 21.7. The summed E-state index contributed by atoms with van der Waals surface area (Å²) in [5.74, 6) is 3.37. The second kappa shape index (κ2) is 13.2. The van der Waals surface area contributed by atoms with Gasteiger partial charge in [0.25, 0.3) is 0 Å². The maximum absolute atomic E-state index is 12.5. The molecule has 0 bridgehead atoms. The molecule has 5 rings (SSSR count). The fraction of sp³-hybridized carbons (Fsp3) is 0.161. The van der Waals surface area contributed by atoms with E-state index in [0.29, 0.717) is 30.1 Å². The van der Waals surface area contributed by atoms with Crippen molar-refractivity contribution >= 4 is 23.9 Å². The van der Waals surface area contributed by atoms with E-state index in [2.05, 4.69) is 28.8 Å². The Balaban J connectivity index is 1.06. The molecular weight excluding hydrogens is 548 g/mol. The number of ether oxygens (including phenoxy) is 7. The Bertz CT molecular complexity index is 1590. The van der Waals surface area contributed by atoms with Crippen molar-refractivity contribution < 1.29 is 52.3 Å². The van der Waals surface area contributed by atoms with Gasteiger partial charge in [-0.05, 0) is 66.2 Å². The molecule has 2 fully saturated rings. The van der Waals surface area contributed by atoms with Crippen LogP contribution in [0.1, 0.15) is 26.3 Å². The number of carbonyl (C=O) groups is 4. The SMILES string of the molecule is O=C(Oc1ccc(OC(=O)c2ccc(OC#CC#COC(=O)C3CO3)cc2)cc1)c1ccc(COC(=O)C2CO2)cc1. The van der Waals surface area contributed by atoms with Gasteiger partial charge in [-0.15, -0.1) is 0 Å². The van der Waals surface area contributed by atoms with Gasteiger partial charge in [0.2, 0.25) is 0 Å². The molecule has 0 aliphatic carbocycles. The summed E-state index contributed by atoms with van der Waals surface area (Å²) in [6, 6.07) is 18.5. The summed E-state index contributed by atoms with van der Waals surface area (Å²) < 4.78 is 35.3. The summed E-state index contributed by atoms with van der Waals surface area (Å²) in [7, 11) is 0. The lowest BCUT2D eigenvalue weighted by molar-refractivity contribution is -0.146. The molecule has 11 heteroatoms. The molecule has 0 amide bonds.